The maximum atomic E-state index is 14.3. The summed E-state index contributed by atoms with van der Waals surface area (Å²) in [4.78, 5) is 15.2. The second-order valence-electron chi connectivity index (χ2n) is 9.17. The number of alkyl halides is 3. The van der Waals surface area contributed by atoms with E-state index < -0.39 is 29.1 Å². The predicted octanol–water partition coefficient (Wildman–Crippen LogP) is 7.08. The van der Waals surface area contributed by atoms with Gasteiger partial charge in [-0.2, -0.15) is 26.9 Å². The number of aromatic amines is 1. The quantitative estimate of drug-likeness (QED) is 0.248. The molecule has 182 valence electrons. The minimum absolute atomic E-state index is 0.0433. The highest BCUT2D eigenvalue weighted by atomic mass is 19.4. The van der Waals surface area contributed by atoms with Gasteiger partial charge in [-0.25, -0.2) is 0 Å². The summed E-state index contributed by atoms with van der Waals surface area (Å²) >= 11 is 0. The minimum atomic E-state index is -4.54. The number of nitrogens with zero attached hydrogens (tertiary/aromatic N) is 3. The molecule has 0 aliphatic rings. The Bertz CT molecular complexity index is 1420. The van der Waals surface area contributed by atoms with Crippen LogP contribution in [-0.4, -0.2) is 19.9 Å². The molecule has 0 unspecified atom stereocenters. The van der Waals surface area contributed by atoms with Crippen molar-refractivity contribution in [2.45, 2.75) is 46.2 Å². The number of pyridine rings is 3. The predicted molar refractivity (Wildman–Crippen MR) is 123 cm³/mol. The van der Waals surface area contributed by atoms with Crippen LogP contribution in [0.1, 0.15) is 47.6 Å². The Labute approximate surface area is 199 Å². The van der Waals surface area contributed by atoms with Gasteiger partial charge in [0.25, 0.3) is 0 Å². The average molecular weight is 486 g/mol. The van der Waals surface area contributed by atoms with Crippen LogP contribution in [0.4, 0.5) is 22.0 Å². The monoisotopic (exact) mass is 486 g/mol. The molecule has 0 aliphatic heterocycles. The molecular weight excluding hydrogens is 463 g/mol. The molecule has 0 saturated heterocycles. The minimum Gasteiger partial charge on any atom is -0.357 e. The standard InChI is InChI=1S/C26H23F5N4/c1-13-8-18(16-6-7-22(27)35-24(16)28)33-20(10-13)25(4,5)21-11-14(2)9-19(34-21)23-17(26(29,30)31)12-15(3)32-23/h6-12,32H,1-5H3. The zero-order valence-electron chi connectivity index (χ0n) is 19.8. The van der Waals surface area contributed by atoms with Crippen LogP contribution < -0.4 is 0 Å². The summed E-state index contributed by atoms with van der Waals surface area (Å²) in [6, 6.07) is 10.2. The van der Waals surface area contributed by atoms with Crippen molar-refractivity contribution in [3.63, 3.8) is 0 Å². The molecule has 0 amide bonds. The Morgan fingerprint density at radius 3 is 1.89 bits per heavy atom. The van der Waals surface area contributed by atoms with Crippen LogP contribution in [0.15, 0.2) is 42.5 Å². The molecule has 1 N–H and O–H groups in total. The number of H-pyrrole nitrogens is 1. The lowest BCUT2D eigenvalue weighted by Gasteiger charge is -2.26. The highest BCUT2D eigenvalue weighted by molar-refractivity contribution is 5.63. The molecule has 0 radical (unpaired) electrons. The summed E-state index contributed by atoms with van der Waals surface area (Å²) in [5.41, 5.74) is 1.62. The number of nitrogens with one attached hydrogen (secondary N) is 1. The highest BCUT2D eigenvalue weighted by Gasteiger charge is 2.36. The van der Waals surface area contributed by atoms with Gasteiger partial charge in [0, 0.05) is 11.1 Å². The van der Waals surface area contributed by atoms with Crippen molar-refractivity contribution in [1.82, 2.24) is 19.9 Å². The SMILES string of the molecule is Cc1cc(-c2ccc(F)nc2F)nc(C(C)(C)c2cc(C)cc(-c3[nH]c(C)cc3C(F)(F)F)n2)c1. The van der Waals surface area contributed by atoms with Gasteiger partial charge in [0.15, 0.2) is 0 Å². The lowest BCUT2D eigenvalue weighted by Crippen LogP contribution is -2.23. The van der Waals surface area contributed by atoms with Crippen molar-refractivity contribution in [2.75, 3.05) is 0 Å². The summed E-state index contributed by atoms with van der Waals surface area (Å²) in [5.74, 6) is -1.92. The van der Waals surface area contributed by atoms with E-state index in [9.17, 15) is 22.0 Å². The molecule has 4 heterocycles. The fourth-order valence-electron chi connectivity index (χ4n) is 3.99. The van der Waals surface area contributed by atoms with Crippen molar-refractivity contribution in [3.05, 3.63) is 88.1 Å². The van der Waals surface area contributed by atoms with E-state index in [1.807, 2.05) is 26.8 Å². The molecule has 0 fully saturated rings. The molecule has 0 saturated carbocycles. The Morgan fingerprint density at radius 2 is 1.31 bits per heavy atom. The maximum absolute atomic E-state index is 14.3. The zero-order valence-corrected chi connectivity index (χ0v) is 19.8. The second kappa shape index (κ2) is 8.55. The molecule has 4 aromatic heterocycles. The van der Waals surface area contributed by atoms with Gasteiger partial charge in [-0.3, -0.25) is 9.97 Å². The van der Waals surface area contributed by atoms with Gasteiger partial charge < -0.3 is 4.98 Å². The van der Waals surface area contributed by atoms with Crippen LogP contribution in [0.2, 0.25) is 0 Å². The number of aryl methyl sites for hydroxylation is 3. The van der Waals surface area contributed by atoms with E-state index >= 15 is 0 Å². The van der Waals surface area contributed by atoms with E-state index in [0.29, 0.717) is 17.1 Å². The largest absolute Gasteiger partial charge is 0.418 e. The fourth-order valence-corrected chi connectivity index (χ4v) is 3.99. The van der Waals surface area contributed by atoms with E-state index in [1.54, 1.807) is 32.0 Å². The van der Waals surface area contributed by atoms with Gasteiger partial charge in [0.2, 0.25) is 11.9 Å². The number of aromatic nitrogens is 4. The van der Waals surface area contributed by atoms with Crippen LogP contribution in [0.3, 0.4) is 0 Å². The van der Waals surface area contributed by atoms with Gasteiger partial charge in [0.1, 0.15) is 0 Å². The molecule has 0 spiro atoms. The molecule has 4 rings (SSSR count). The number of hydrogen-bond donors (Lipinski definition) is 1. The first-order valence-electron chi connectivity index (χ1n) is 10.8. The summed E-state index contributed by atoms with van der Waals surface area (Å²) < 4.78 is 68.6. The normalized spacial score (nSPS) is 12.3. The fraction of sp³-hybridized carbons (Fsp3) is 0.269. The molecule has 0 aliphatic carbocycles. The van der Waals surface area contributed by atoms with Crippen LogP contribution in [0.25, 0.3) is 22.6 Å². The molecule has 0 bridgehead atoms. The Hall–Kier alpha value is -3.62. The summed E-state index contributed by atoms with van der Waals surface area (Å²) in [6.45, 7) is 8.83. The lowest BCUT2D eigenvalue weighted by molar-refractivity contribution is -0.137. The molecule has 4 nitrogen and oxygen atoms in total. The summed E-state index contributed by atoms with van der Waals surface area (Å²) in [6.07, 6.45) is -4.54. The maximum Gasteiger partial charge on any atom is 0.418 e. The Balaban J connectivity index is 1.85. The van der Waals surface area contributed by atoms with Crippen molar-refractivity contribution in [3.8, 4) is 22.6 Å². The molecule has 4 aromatic rings. The molecule has 9 heteroatoms. The smallest absolute Gasteiger partial charge is 0.357 e. The van der Waals surface area contributed by atoms with Crippen LogP contribution in [-0.2, 0) is 11.6 Å². The Morgan fingerprint density at radius 1 is 0.743 bits per heavy atom. The molecular formula is C26H23F5N4. The first kappa shape index (κ1) is 24.5. The second-order valence-corrected chi connectivity index (χ2v) is 9.17. The van der Waals surface area contributed by atoms with Crippen LogP contribution in [0.5, 0.6) is 0 Å². The van der Waals surface area contributed by atoms with E-state index in [-0.39, 0.29) is 22.6 Å². The van der Waals surface area contributed by atoms with Crippen LogP contribution >= 0.6 is 0 Å². The Kier molecular flexibility index (Phi) is 5.99. The molecule has 0 atom stereocenters. The van der Waals surface area contributed by atoms with Gasteiger partial charge >= 0.3 is 6.18 Å². The first-order chi connectivity index (χ1) is 16.3. The molecule has 35 heavy (non-hydrogen) atoms. The summed E-state index contributed by atoms with van der Waals surface area (Å²) in [5, 5.41) is 0. The van der Waals surface area contributed by atoms with E-state index in [4.69, 9.17) is 0 Å². The third kappa shape index (κ3) is 4.80. The van der Waals surface area contributed by atoms with E-state index in [2.05, 4.69) is 19.9 Å². The topological polar surface area (TPSA) is 54.5 Å². The average Bonchev–Trinajstić information content (AvgIpc) is 3.15. The summed E-state index contributed by atoms with van der Waals surface area (Å²) in [7, 11) is 0. The lowest BCUT2D eigenvalue weighted by atomic mass is 9.83. The molecule has 0 aromatic carbocycles. The third-order valence-electron chi connectivity index (χ3n) is 5.82. The number of hydrogen-bond acceptors (Lipinski definition) is 3. The zero-order chi connectivity index (χ0) is 25.7. The van der Waals surface area contributed by atoms with Crippen molar-refractivity contribution >= 4 is 0 Å². The first-order valence-corrected chi connectivity index (χ1v) is 10.8. The van der Waals surface area contributed by atoms with Crippen molar-refractivity contribution < 1.29 is 22.0 Å². The van der Waals surface area contributed by atoms with Crippen LogP contribution in [0, 0.1) is 32.7 Å². The number of halogens is 5. The third-order valence-corrected chi connectivity index (χ3v) is 5.82. The van der Waals surface area contributed by atoms with Gasteiger partial charge in [-0.05, 0) is 88.2 Å². The van der Waals surface area contributed by atoms with Gasteiger partial charge in [-0.15, -0.1) is 0 Å². The van der Waals surface area contributed by atoms with Crippen molar-refractivity contribution in [2.24, 2.45) is 0 Å². The van der Waals surface area contributed by atoms with E-state index in [1.165, 1.54) is 6.07 Å². The number of rotatable bonds is 4. The highest BCUT2D eigenvalue weighted by Crippen LogP contribution is 2.39. The van der Waals surface area contributed by atoms with Gasteiger partial charge in [-0.1, -0.05) is 0 Å². The van der Waals surface area contributed by atoms with Gasteiger partial charge in [0.05, 0.1) is 39.6 Å². The van der Waals surface area contributed by atoms with Crippen molar-refractivity contribution in [1.29, 1.82) is 0 Å². The van der Waals surface area contributed by atoms with E-state index in [0.717, 1.165) is 23.3 Å².